The van der Waals surface area contributed by atoms with E-state index in [1.807, 2.05) is 0 Å². The van der Waals surface area contributed by atoms with E-state index >= 15 is 0 Å². The topological polar surface area (TPSA) is 84.5 Å². The number of hydrogen-bond donors (Lipinski definition) is 2. The normalized spacial score (nSPS) is 14.5. The molecule has 136 valence electrons. The summed E-state index contributed by atoms with van der Waals surface area (Å²) < 4.78 is 4.66. The first kappa shape index (κ1) is 19.2. The van der Waals surface area contributed by atoms with Crippen molar-refractivity contribution in [2.45, 2.75) is 39.0 Å². The number of carbonyl (C=O) groups is 3. The average molecular weight is 367 g/mol. The Balaban J connectivity index is 2.04. The van der Waals surface area contributed by atoms with Gasteiger partial charge in [0.2, 0.25) is 11.8 Å². The molecule has 0 atom stereocenters. The highest BCUT2D eigenvalue weighted by molar-refractivity contribution is 6.34. The maximum Gasteiger partial charge on any atom is 0.337 e. The zero-order chi connectivity index (χ0) is 18.4. The summed E-state index contributed by atoms with van der Waals surface area (Å²) >= 11 is 6.09. The predicted octanol–water partition coefficient (Wildman–Crippen LogP) is 3.15. The first-order valence-electron chi connectivity index (χ1n) is 8.42. The quantitative estimate of drug-likeness (QED) is 0.420. The third-order valence-corrected chi connectivity index (χ3v) is 4.65. The van der Waals surface area contributed by atoms with Crippen LogP contribution in [0.25, 0.3) is 0 Å². The monoisotopic (exact) mass is 366 g/mol. The number of nitrogens with one attached hydrogen (secondary N) is 2. The predicted molar refractivity (Wildman–Crippen MR) is 95.6 cm³/mol. The summed E-state index contributed by atoms with van der Waals surface area (Å²) in [4.78, 5) is 36.5. The number of halogens is 1. The molecule has 0 radical (unpaired) electrons. The Morgan fingerprint density at radius 2 is 1.92 bits per heavy atom. The number of methoxy groups -OCH3 is 1. The van der Waals surface area contributed by atoms with Gasteiger partial charge in [-0.3, -0.25) is 9.59 Å². The molecular formula is C18H23ClN2O4. The van der Waals surface area contributed by atoms with Crippen LogP contribution >= 0.6 is 11.6 Å². The molecule has 7 heteroatoms. The summed E-state index contributed by atoms with van der Waals surface area (Å²) in [7, 11) is 1.28. The largest absolute Gasteiger partial charge is 0.465 e. The number of rotatable bonds is 8. The molecule has 1 fully saturated rings. The number of benzene rings is 1. The maximum atomic E-state index is 12.6. The van der Waals surface area contributed by atoms with Gasteiger partial charge in [0.25, 0.3) is 0 Å². The first-order chi connectivity index (χ1) is 11.9. The molecule has 0 bridgehead atoms. The summed E-state index contributed by atoms with van der Waals surface area (Å²) in [6.07, 6.45) is 4.01. The van der Waals surface area contributed by atoms with Gasteiger partial charge in [0.15, 0.2) is 0 Å². The lowest BCUT2D eigenvalue weighted by atomic mass is 10.0. The molecule has 1 aliphatic carbocycles. The minimum atomic E-state index is -1.03. The van der Waals surface area contributed by atoms with Crippen molar-refractivity contribution in [3.63, 3.8) is 0 Å². The lowest BCUT2D eigenvalue weighted by Gasteiger charge is -2.16. The van der Waals surface area contributed by atoms with Crippen LogP contribution < -0.4 is 10.6 Å². The molecule has 1 aromatic rings. The van der Waals surface area contributed by atoms with E-state index in [0.717, 1.165) is 19.3 Å². The lowest BCUT2D eigenvalue weighted by molar-refractivity contribution is -0.134. The fraction of sp³-hybridized carbons (Fsp3) is 0.500. The molecule has 1 saturated carbocycles. The Bertz CT molecular complexity index is 671. The molecule has 0 aromatic heterocycles. The minimum Gasteiger partial charge on any atom is -0.465 e. The van der Waals surface area contributed by atoms with E-state index in [-0.39, 0.29) is 11.5 Å². The average Bonchev–Trinajstić information content (AvgIpc) is 3.41. The second-order valence-electron chi connectivity index (χ2n) is 6.19. The van der Waals surface area contributed by atoms with E-state index in [2.05, 4.69) is 22.3 Å². The molecule has 0 unspecified atom stereocenters. The Morgan fingerprint density at radius 3 is 2.52 bits per heavy atom. The smallest absolute Gasteiger partial charge is 0.337 e. The van der Waals surface area contributed by atoms with E-state index in [0.29, 0.717) is 30.1 Å². The summed E-state index contributed by atoms with van der Waals surface area (Å²) in [5, 5.41) is 5.80. The van der Waals surface area contributed by atoms with Crippen LogP contribution in [0.15, 0.2) is 18.2 Å². The van der Waals surface area contributed by atoms with Crippen molar-refractivity contribution in [3.05, 3.63) is 28.8 Å². The first-order valence-corrected chi connectivity index (χ1v) is 8.80. The van der Waals surface area contributed by atoms with Gasteiger partial charge < -0.3 is 15.4 Å². The molecule has 0 aliphatic heterocycles. The molecule has 2 N–H and O–H groups in total. The Morgan fingerprint density at radius 1 is 1.20 bits per heavy atom. The van der Waals surface area contributed by atoms with Crippen molar-refractivity contribution < 1.29 is 19.1 Å². The lowest BCUT2D eigenvalue weighted by Crippen LogP contribution is -2.40. The van der Waals surface area contributed by atoms with Crippen LogP contribution in [0.1, 0.15) is 49.4 Å². The third-order valence-electron chi connectivity index (χ3n) is 4.32. The van der Waals surface area contributed by atoms with Crippen LogP contribution in [0, 0.1) is 5.41 Å². The fourth-order valence-electron chi connectivity index (χ4n) is 2.54. The molecular weight excluding hydrogens is 344 g/mol. The van der Waals surface area contributed by atoms with Gasteiger partial charge in [-0.2, -0.15) is 0 Å². The van der Waals surface area contributed by atoms with Gasteiger partial charge in [-0.1, -0.05) is 31.4 Å². The molecule has 2 amide bonds. The van der Waals surface area contributed by atoms with Gasteiger partial charge in [-0.15, -0.1) is 0 Å². The summed E-state index contributed by atoms with van der Waals surface area (Å²) in [6, 6.07) is 4.46. The zero-order valence-electron chi connectivity index (χ0n) is 14.5. The maximum absolute atomic E-state index is 12.6. The van der Waals surface area contributed by atoms with Gasteiger partial charge in [0.05, 0.1) is 23.4 Å². The van der Waals surface area contributed by atoms with E-state index in [9.17, 15) is 14.4 Å². The van der Waals surface area contributed by atoms with E-state index in [1.165, 1.54) is 25.3 Å². The molecule has 6 nitrogen and oxygen atoms in total. The van der Waals surface area contributed by atoms with E-state index < -0.39 is 17.3 Å². The van der Waals surface area contributed by atoms with E-state index in [4.69, 9.17) is 11.6 Å². The SMILES string of the molecule is CCCCCNC(=O)C1(C(=O)Nc2cc(C(=O)OC)ccc2Cl)CC1. The highest BCUT2D eigenvalue weighted by atomic mass is 35.5. The van der Waals surface area contributed by atoms with Crippen molar-refractivity contribution in [3.8, 4) is 0 Å². The number of amides is 2. The molecule has 25 heavy (non-hydrogen) atoms. The van der Waals surface area contributed by atoms with Crippen molar-refractivity contribution in [1.29, 1.82) is 0 Å². The van der Waals surface area contributed by atoms with Crippen LogP contribution in [0.3, 0.4) is 0 Å². The van der Waals surface area contributed by atoms with Crippen LogP contribution in [0.2, 0.25) is 5.02 Å². The van der Waals surface area contributed by atoms with Gasteiger partial charge in [0.1, 0.15) is 5.41 Å². The van der Waals surface area contributed by atoms with Crippen LogP contribution in [-0.2, 0) is 14.3 Å². The van der Waals surface area contributed by atoms with Crippen molar-refractivity contribution in [2.24, 2.45) is 5.41 Å². The standard InChI is InChI=1S/C18H23ClN2O4/c1-3-4-5-10-20-16(23)18(8-9-18)17(24)21-14-11-12(15(22)25-2)6-7-13(14)19/h6-7,11H,3-5,8-10H2,1-2H3,(H,20,23)(H,21,24). The summed E-state index contributed by atoms with van der Waals surface area (Å²) in [5.74, 6) is -1.17. The van der Waals surface area contributed by atoms with E-state index in [1.54, 1.807) is 0 Å². The number of anilines is 1. The number of ether oxygens (including phenoxy) is 1. The molecule has 0 heterocycles. The number of esters is 1. The summed E-state index contributed by atoms with van der Waals surface area (Å²) in [5.41, 5.74) is -0.465. The highest BCUT2D eigenvalue weighted by Crippen LogP contribution is 2.47. The number of carbonyl (C=O) groups excluding carboxylic acids is 3. The molecule has 2 rings (SSSR count). The van der Waals surface area contributed by atoms with Crippen LogP contribution in [0.5, 0.6) is 0 Å². The second kappa shape index (κ2) is 8.34. The van der Waals surface area contributed by atoms with Crippen LogP contribution in [0.4, 0.5) is 5.69 Å². The zero-order valence-corrected chi connectivity index (χ0v) is 15.2. The molecule has 0 saturated heterocycles. The molecule has 1 aliphatic rings. The van der Waals surface area contributed by atoms with Gasteiger partial charge in [0, 0.05) is 6.54 Å². The van der Waals surface area contributed by atoms with Crippen molar-refractivity contribution in [1.82, 2.24) is 5.32 Å². The van der Waals surface area contributed by atoms with Crippen molar-refractivity contribution in [2.75, 3.05) is 19.0 Å². The number of unbranched alkanes of at least 4 members (excludes halogenated alkanes) is 2. The van der Waals surface area contributed by atoms with Crippen LogP contribution in [-0.4, -0.2) is 31.4 Å². The Labute approximate surface area is 152 Å². The summed E-state index contributed by atoms with van der Waals surface area (Å²) in [6.45, 7) is 2.66. The van der Waals surface area contributed by atoms with Gasteiger partial charge in [-0.25, -0.2) is 4.79 Å². The third kappa shape index (κ3) is 4.51. The minimum absolute atomic E-state index is 0.249. The molecule has 1 aromatic carbocycles. The highest BCUT2D eigenvalue weighted by Gasteiger charge is 2.56. The fourth-order valence-corrected chi connectivity index (χ4v) is 2.70. The molecule has 0 spiro atoms. The van der Waals surface area contributed by atoms with Gasteiger partial charge in [-0.05, 0) is 37.5 Å². The Kier molecular flexibility index (Phi) is 6.42. The number of hydrogen-bond acceptors (Lipinski definition) is 4. The second-order valence-corrected chi connectivity index (χ2v) is 6.59. The van der Waals surface area contributed by atoms with Crippen molar-refractivity contribution >= 4 is 35.1 Å². The van der Waals surface area contributed by atoms with Gasteiger partial charge >= 0.3 is 5.97 Å². The Hall–Kier alpha value is -2.08.